The van der Waals surface area contributed by atoms with Crippen molar-refractivity contribution in [2.45, 2.75) is 107 Å². The van der Waals surface area contributed by atoms with Crippen molar-refractivity contribution in [3.05, 3.63) is 35.9 Å². The Bertz CT molecular complexity index is 1110. The molecule has 0 aliphatic carbocycles. The molecule has 222 valence electrons. The minimum Gasteiger partial charge on any atom is -0.394 e. The Kier molecular flexibility index (Phi) is 9.09. The van der Waals surface area contributed by atoms with E-state index in [9.17, 15) is 19.5 Å². The highest BCUT2D eigenvalue weighted by Crippen LogP contribution is 2.68. The van der Waals surface area contributed by atoms with Crippen LogP contribution in [0.25, 0.3) is 0 Å². The van der Waals surface area contributed by atoms with Gasteiger partial charge in [0.15, 0.2) is 0 Å². The summed E-state index contributed by atoms with van der Waals surface area (Å²) in [5.41, 5.74) is 0.497. The topological polar surface area (TPSA) is 98.7 Å². The van der Waals surface area contributed by atoms with Gasteiger partial charge < -0.3 is 20.6 Å². The highest BCUT2D eigenvalue weighted by atomic mass is 79.9. The molecule has 3 amide bonds. The van der Waals surface area contributed by atoms with Crippen LogP contribution in [0.1, 0.15) is 73.3 Å². The molecular formula is C31H46BrN3O4S. The maximum absolute atomic E-state index is 14.4. The first-order valence-electron chi connectivity index (χ1n) is 14.5. The summed E-state index contributed by atoms with van der Waals surface area (Å²) in [5, 5.41) is 16.7. The molecule has 3 fully saturated rings. The Morgan fingerprint density at radius 2 is 1.80 bits per heavy atom. The number of hydrogen-bond acceptors (Lipinski definition) is 5. The Morgan fingerprint density at radius 3 is 2.38 bits per heavy atom. The molecule has 3 unspecified atom stereocenters. The lowest BCUT2D eigenvalue weighted by atomic mass is 9.70. The number of nitrogens with one attached hydrogen (secondary N) is 2. The number of aliphatic hydroxyl groups excluding tert-OH is 1. The van der Waals surface area contributed by atoms with Crippen LogP contribution in [-0.2, 0) is 20.9 Å². The van der Waals surface area contributed by atoms with Crippen molar-refractivity contribution < 1.29 is 19.5 Å². The van der Waals surface area contributed by atoms with Crippen molar-refractivity contribution in [1.82, 2.24) is 15.5 Å². The second-order valence-corrected chi connectivity index (χ2v) is 16.9. The van der Waals surface area contributed by atoms with E-state index in [1.807, 2.05) is 44.2 Å². The normalized spacial score (nSPS) is 30.5. The summed E-state index contributed by atoms with van der Waals surface area (Å²) in [5.74, 6) is -1.46. The van der Waals surface area contributed by atoms with Gasteiger partial charge in [-0.2, -0.15) is 0 Å². The van der Waals surface area contributed by atoms with Gasteiger partial charge in [-0.3, -0.25) is 14.4 Å². The molecule has 3 aliphatic heterocycles. The Hall–Kier alpha value is -1.58. The van der Waals surface area contributed by atoms with Gasteiger partial charge in [-0.1, -0.05) is 80.9 Å². The lowest BCUT2D eigenvalue weighted by Crippen LogP contribution is -2.60. The zero-order chi connectivity index (χ0) is 29.6. The van der Waals surface area contributed by atoms with Crippen molar-refractivity contribution in [3.63, 3.8) is 0 Å². The van der Waals surface area contributed by atoms with Crippen LogP contribution in [0.2, 0.25) is 0 Å². The molecular weight excluding hydrogens is 590 g/mol. The van der Waals surface area contributed by atoms with E-state index < -0.39 is 34.2 Å². The highest BCUT2D eigenvalue weighted by Gasteiger charge is 2.76. The van der Waals surface area contributed by atoms with Crippen molar-refractivity contribution in [2.75, 3.05) is 6.61 Å². The summed E-state index contributed by atoms with van der Waals surface area (Å²) in [6.07, 6.45) is 1.96. The van der Waals surface area contributed by atoms with Gasteiger partial charge in [-0.05, 0) is 50.0 Å². The van der Waals surface area contributed by atoms with E-state index in [0.29, 0.717) is 19.4 Å². The third kappa shape index (κ3) is 6.12. The fourth-order valence-electron chi connectivity index (χ4n) is 7.56. The van der Waals surface area contributed by atoms with E-state index in [1.165, 1.54) is 0 Å². The van der Waals surface area contributed by atoms with Gasteiger partial charge in [0.05, 0.1) is 29.2 Å². The van der Waals surface area contributed by atoms with Crippen LogP contribution >= 0.6 is 27.7 Å². The lowest BCUT2D eigenvalue weighted by molar-refractivity contribution is -0.143. The van der Waals surface area contributed by atoms with Gasteiger partial charge in [0.2, 0.25) is 17.7 Å². The van der Waals surface area contributed by atoms with Crippen LogP contribution in [0.5, 0.6) is 0 Å². The molecule has 1 aromatic carbocycles. The molecule has 1 spiro atoms. The first kappa shape index (κ1) is 31.4. The first-order chi connectivity index (χ1) is 18.6. The molecule has 4 rings (SSSR count). The van der Waals surface area contributed by atoms with E-state index in [2.05, 4.69) is 61.2 Å². The summed E-state index contributed by atoms with van der Waals surface area (Å²) in [4.78, 5) is 44.1. The van der Waals surface area contributed by atoms with Crippen LogP contribution in [0, 0.1) is 23.2 Å². The molecule has 3 saturated heterocycles. The third-order valence-corrected chi connectivity index (χ3v) is 11.6. The van der Waals surface area contributed by atoms with Crippen LogP contribution in [-0.4, -0.2) is 66.8 Å². The van der Waals surface area contributed by atoms with Crippen LogP contribution in [0.3, 0.4) is 0 Å². The molecule has 40 heavy (non-hydrogen) atoms. The van der Waals surface area contributed by atoms with Crippen LogP contribution < -0.4 is 10.6 Å². The third-order valence-electron chi connectivity index (χ3n) is 8.37. The van der Waals surface area contributed by atoms with Gasteiger partial charge in [0.25, 0.3) is 0 Å². The Balaban J connectivity index is 1.70. The standard InChI is InChI=1S/C31H46BrN3O4S/c1-18(2)13-20(16-36)35-25(27(38)34-30(6,7)17-29(3,4)5)31-14-21(32)24(40-31)22(23(31)28(35)39)26(37)33-15-19-11-9-8-10-12-19/h8-12,18,20-25,36H,13-17H2,1-7H3,(H,33,37)(H,34,38)/t20-,21?,22-,23+,24-,25?,31?/m1/s1. The number of rotatable bonds is 10. The number of benzene rings is 1. The number of likely N-dealkylation sites (tertiary alicyclic amines) is 1. The van der Waals surface area contributed by atoms with Crippen molar-refractivity contribution >= 4 is 45.4 Å². The second-order valence-electron chi connectivity index (χ2n) is 14.2. The minimum absolute atomic E-state index is 0.00247. The average Bonchev–Trinajstić information content (AvgIpc) is 3.43. The fraction of sp³-hybridized carbons (Fsp3) is 0.710. The molecule has 1 aromatic rings. The summed E-state index contributed by atoms with van der Waals surface area (Å²) in [6, 6.07) is 8.48. The monoisotopic (exact) mass is 635 g/mol. The largest absolute Gasteiger partial charge is 0.394 e. The van der Waals surface area contributed by atoms with Crippen LogP contribution in [0.4, 0.5) is 0 Å². The minimum atomic E-state index is -0.762. The maximum Gasteiger partial charge on any atom is 0.244 e. The average molecular weight is 637 g/mol. The molecule has 0 aromatic heterocycles. The van der Waals surface area contributed by atoms with Crippen molar-refractivity contribution in [3.8, 4) is 0 Å². The van der Waals surface area contributed by atoms with E-state index in [4.69, 9.17) is 0 Å². The number of amides is 3. The number of nitrogens with zero attached hydrogens (tertiary/aromatic N) is 1. The SMILES string of the molecule is CC(C)C[C@H](CO)N1C(=O)[C@@H]2[C@@H](C(=O)NCc3ccccc3)[C@@H]3SC2(CC3Br)C1C(=O)NC(C)(C)CC(C)(C)C. The molecule has 3 N–H and O–H groups in total. The van der Waals surface area contributed by atoms with E-state index in [1.54, 1.807) is 16.7 Å². The zero-order valence-corrected chi connectivity index (χ0v) is 27.3. The fourth-order valence-corrected chi connectivity index (χ4v) is 11.2. The van der Waals surface area contributed by atoms with E-state index >= 15 is 0 Å². The molecule has 0 saturated carbocycles. The number of alkyl halides is 1. The molecule has 2 bridgehead atoms. The smallest absolute Gasteiger partial charge is 0.244 e. The maximum atomic E-state index is 14.4. The predicted molar refractivity (Wildman–Crippen MR) is 164 cm³/mol. The number of aliphatic hydroxyl groups is 1. The quantitative estimate of drug-likeness (QED) is 0.329. The number of thioether (sulfide) groups is 1. The number of fused-ring (bicyclic) bond motifs is 1. The Morgan fingerprint density at radius 1 is 1.15 bits per heavy atom. The highest BCUT2D eigenvalue weighted by molar-refractivity contribution is 9.09. The van der Waals surface area contributed by atoms with Crippen molar-refractivity contribution in [2.24, 2.45) is 23.2 Å². The zero-order valence-electron chi connectivity index (χ0n) is 24.9. The summed E-state index contributed by atoms with van der Waals surface area (Å²) >= 11 is 5.46. The predicted octanol–water partition coefficient (Wildman–Crippen LogP) is 4.51. The van der Waals surface area contributed by atoms with Crippen LogP contribution in [0.15, 0.2) is 30.3 Å². The Labute approximate surface area is 252 Å². The number of hydrogen-bond donors (Lipinski definition) is 3. The molecule has 7 atom stereocenters. The van der Waals surface area contributed by atoms with Crippen molar-refractivity contribution in [1.29, 1.82) is 0 Å². The molecule has 9 heteroatoms. The van der Waals surface area contributed by atoms with E-state index in [0.717, 1.165) is 12.0 Å². The molecule has 0 radical (unpaired) electrons. The number of carbonyl (C=O) groups is 3. The van der Waals surface area contributed by atoms with E-state index in [-0.39, 0.29) is 45.7 Å². The number of halogens is 1. The molecule has 3 aliphatic rings. The first-order valence-corrected chi connectivity index (χ1v) is 16.3. The summed E-state index contributed by atoms with van der Waals surface area (Å²) < 4.78 is -0.739. The summed E-state index contributed by atoms with van der Waals surface area (Å²) in [6.45, 7) is 14.8. The second kappa shape index (κ2) is 11.6. The lowest BCUT2D eigenvalue weighted by Gasteiger charge is -2.41. The van der Waals surface area contributed by atoms with Gasteiger partial charge in [-0.15, -0.1) is 11.8 Å². The summed E-state index contributed by atoms with van der Waals surface area (Å²) in [7, 11) is 0. The molecule has 7 nitrogen and oxygen atoms in total. The van der Waals surface area contributed by atoms with Gasteiger partial charge in [0.1, 0.15) is 6.04 Å². The number of carbonyl (C=O) groups excluding carboxylic acids is 3. The van der Waals surface area contributed by atoms with Gasteiger partial charge >= 0.3 is 0 Å². The van der Waals surface area contributed by atoms with Gasteiger partial charge in [-0.25, -0.2) is 0 Å². The molecule has 3 heterocycles. The van der Waals surface area contributed by atoms with Gasteiger partial charge in [0, 0.05) is 22.2 Å².